The Kier molecular flexibility index (Phi) is 6.41. The molecule has 1 aromatic carbocycles. The van der Waals surface area contributed by atoms with Gasteiger partial charge in [0, 0.05) is 34.3 Å². The highest BCUT2D eigenvalue weighted by molar-refractivity contribution is 6.76. The number of nitrogen functional groups attached to an aromatic ring is 1. The van der Waals surface area contributed by atoms with Crippen molar-refractivity contribution in [2.24, 2.45) is 0 Å². The van der Waals surface area contributed by atoms with Crippen LogP contribution in [0.5, 0.6) is 5.75 Å². The van der Waals surface area contributed by atoms with Gasteiger partial charge in [0.1, 0.15) is 18.3 Å². The van der Waals surface area contributed by atoms with Crippen molar-refractivity contribution in [1.82, 2.24) is 9.97 Å². The summed E-state index contributed by atoms with van der Waals surface area (Å²) in [5.74, 6) is 2.94. The van der Waals surface area contributed by atoms with E-state index < -0.39 is 8.07 Å². The second kappa shape index (κ2) is 8.79. The van der Waals surface area contributed by atoms with Gasteiger partial charge in [-0.25, -0.2) is 9.97 Å². The first-order valence-corrected chi connectivity index (χ1v) is 13.4. The number of nitrogens with zero attached hydrogens (tertiary/aromatic N) is 4. The van der Waals surface area contributed by atoms with Crippen molar-refractivity contribution in [2.75, 3.05) is 49.1 Å². The van der Waals surface area contributed by atoms with Gasteiger partial charge in [-0.2, -0.15) is 0 Å². The van der Waals surface area contributed by atoms with Gasteiger partial charge < -0.3 is 25.0 Å². The number of hydrogen-bond acceptors (Lipinski definition) is 7. The fourth-order valence-corrected chi connectivity index (χ4v) is 3.82. The summed E-state index contributed by atoms with van der Waals surface area (Å²) < 4.78 is 11.2. The van der Waals surface area contributed by atoms with Crippen molar-refractivity contribution in [3.05, 3.63) is 36.0 Å². The van der Waals surface area contributed by atoms with E-state index in [1.165, 1.54) is 5.56 Å². The molecule has 0 spiro atoms. The zero-order valence-electron chi connectivity index (χ0n) is 17.3. The van der Waals surface area contributed by atoms with E-state index in [1.54, 1.807) is 13.3 Å². The number of benzene rings is 1. The van der Waals surface area contributed by atoms with Crippen LogP contribution in [-0.2, 0) is 11.3 Å². The monoisotopic (exact) mass is 401 g/mol. The van der Waals surface area contributed by atoms with Gasteiger partial charge in [0.2, 0.25) is 0 Å². The first kappa shape index (κ1) is 20.4. The molecular formula is C20H31N5O2Si. The van der Waals surface area contributed by atoms with E-state index in [2.05, 4.69) is 51.5 Å². The van der Waals surface area contributed by atoms with E-state index in [-0.39, 0.29) is 0 Å². The van der Waals surface area contributed by atoms with Gasteiger partial charge in [-0.1, -0.05) is 31.8 Å². The lowest BCUT2D eigenvalue weighted by Crippen LogP contribution is -2.43. The van der Waals surface area contributed by atoms with Crippen molar-refractivity contribution in [3.8, 4) is 5.75 Å². The molecule has 28 heavy (non-hydrogen) atoms. The summed E-state index contributed by atoms with van der Waals surface area (Å²) in [7, 11) is 0.586. The van der Waals surface area contributed by atoms with Crippen LogP contribution in [0, 0.1) is 0 Å². The second-order valence-electron chi connectivity index (χ2n) is 8.32. The van der Waals surface area contributed by atoms with Crippen LogP contribution < -0.4 is 20.3 Å². The van der Waals surface area contributed by atoms with Crippen molar-refractivity contribution >= 4 is 25.5 Å². The Morgan fingerprint density at radius 1 is 1.07 bits per heavy atom. The van der Waals surface area contributed by atoms with Gasteiger partial charge in [0.05, 0.1) is 13.3 Å². The Morgan fingerprint density at radius 2 is 1.79 bits per heavy atom. The Morgan fingerprint density at radius 3 is 2.46 bits per heavy atom. The third-order valence-corrected chi connectivity index (χ3v) is 6.47. The predicted molar refractivity (Wildman–Crippen MR) is 117 cm³/mol. The molecule has 0 aliphatic carbocycles. The zero-order valence-corrected chi connectivity index (χ0v) is 18.3. The molecule has 2 N–H and O–H groups in total. The van der Waals surface area contributed by atoms with Crippen LogP contribution in [0.1, 0.15) is 5.56 Å². The summed E-state index contributed by atoms with van der Waals surface area (Å²) in [5.41, 5.74) is 7.12. The van der Waals surface area contributed by atoms with Crippen LogP contribution in [-0.4, -0.2) is 51.6 Å². The van der Waals surface area contributed by atoms with Gasteiger partial charge in [0.15, 0.2) is 11.6 Å². The summed E-state index contributed by atoms with van der Waals surface area (Å²) in [6.45, 7) is 10.8. The highest BCUT2D eigenvalue weighted by Crippen LogP contribution is 2.31. The Labute approximate surface area is 168 Å². The van der Waals surface area contributed by atoms with E-state index in [0.717, 1.165) is 49.7 Å². The van der Waals surface area contributed by atoms with E-state index in [4.69, 9.17) is 15.2 Å². The largest absolute Gasteiger partial charge is 0.497 e. The summed E-state index contributed by atoms with van der Waals surface area (Å²) in [6, 6.07) is 9.26. The third-order valence-electron chi connectivity index (χ3n) is 4.77. The first-order chi connectivity index (χ1) is 13.4. The molecule has 152 valence electrons. The number of nitrogens with two attached hydrogens (primary N) is 1. The van der Waals surface area contributed by atoms with Gasteiger partial charge in [0.25, 0.3) is 0 Å². The number of ether oxygens (including phenoxy) is 2. The van der Waals surface area contributed by atoms with E-state index in [0.29, 0.717) is 12.5 Å². The molecule has 2 heterocycles. The molecule has 0 unspecified atom stereocenters. The maximum Gasteiger partial charge on any atom is 0.174 e. The second-order valence-corrected chi connectivity index (χ2v) is 13.9. The molecule has 0 radical (unpaired) electrons. The maximum atomic E-state index is 5.94. The minimum absolute atomic E-state index is 0.431. The maximum absolute atomic E-state index is 5.94. The molecule has 0 saturated carbocycles. The lowest BCUT2D eigenvalue weighted by atomic mass is 10.2. The molecule has 2 aromatic rings. The summed E-state index contributed by atoms with van der Waals surface area (Å²) in [5, 5.41) is 0. The quantitative estimate of drug-likeness (QED) is 0.537. The van der Waals surface area contributed by atoms with Crippen LogP contribution >= 0.6 is 0 Å². The topological polar surface area (TPSA) is 76.7 Å². The van der Waals surface area contributed by atoms with Gasteiger partial charge in [-0.15, -0.1) is 0 Å². The molecular weight excluding hydrogens is 370 g/mol. The predicted octanol–water partition coefficient (Wildman–Crippen LogP) is 3.21. The van der Waals surface area contributed by atoms with E-state index in [1.807, 2.05) is 12.1 Å². The van der Waals surface area contributed by atoms with Crippen LogP contribution in [0.2, 0.25) is 25.7 Å². The van der Waals surface area contributed by atoms with Gasteiger partial charge in [-0.3, -0.25) is 0 Å². The van der Waals surface area contributed by atoms with Crippen molar-refractivity contribution in [1.29, 1.82) is 0 Å². The molecule has 3 rings (SSSR count). The molecule has 0 saturated heterocycles. The smallest absolute Gasteiger partial charge is 0.174 e. The summed E-state index contributed by atoms with van der Waals surface area (Å²) in [6.07, 6.45) is 1.62. The minimum atomic E-state index is -1.09. The van der Waals surface area contributed by atoms with Crippen LogP contribution in [0.4, 0.5) is 17.5 Å². The number of rotatable bonds is 8. The van der Waals surface area contributed by atoms with Crippen LogP contribution in [0.15, 0.2) is 30.5 Å². The minimum Gasteiger partial charge on any atom is -0.497 e. The van der Waals surface area contributed by atoms with Crippen molar-refractivity contribution in [3.63, 3.8) is 0 Å². The molecule has 7 nitrogen and oxygen atoms in total. The molecule has 1 aliphatic heterocycles. The SMILES string of the molecule is COc1ccc(CN2CCN(COCC[Si](C)(C)C)c3ncc(N)nc32)cc1. The standard InChI is InChI=1S/C20H31N5O2Si/c1-26-17-7-5-16(6-8-17)14-24-9-10-25(15-27-11-12-28(2,3)4)19-20(24)23-18(21)13-22-19/h5-8,13H,9-12,14-15H2,1-4H3,(H2,21,23). The normalized spacial score (nSPS) is 14.1. The lowest BCUT2D eigenvalue weighted by Gasteiger charge is -2.36. The van der Waals surface area contributed by atoms with Gasteiger partial charge in [-0.05, 0) is 23.7 Å². The Bertz CT molecular complexity index is 779. The molecule has 0 atom stereocenters. The van der Waals surface area contributed by atoms with Crippen LogP contribution in [0.3, 0.4) is 0 Å². The van der Waals surface area contributed by atoms with Crippen LogP contribution in [0.25, 0.3) is 0 Å². The average molecular weight is 402 g/mol. The average Bonchev–Trinajstić information content (AvgIpc) is 2.66. The number of methoxy groups -OCH3 is 1. The fraction of sp³-hybridized carbons (Fsp3) is 0.500. The fourth-order valence-electron chi connectivity index (χ4n) is 3.06. The Balaban J connectivity index is 1.69. The first-order valence-electron chi connectivity index (χ1n) is 9.69. The zero-order chi connectivity index (χ0) is 20.1. The third kappa shape index (κ3) is 5.36. The number of anilines is 3. The molecule has 0 bridgehead atoms. The molecule has 0 amide bonds. The molecule has 0 fully saturated rings. The molecule has 1 aromatic heterocycles. The molecule has 8 heteroatoms. The molecule has 1 aliphatic rings. The van der Waals surface area contributed by atoms with E-state index >= 15 is 0 Å². The summed E-state index contributed by atoms with van der Waals surface area (Å²) in [4.78, 5) is 13.5. The van der Waals surface area contributed by atoms with E-state index in [9.17, 15) is 0 Å². The highest BCUT2D eigenvalue weighted by atomic mass is 28.3. The summed E-state index contributed by atoms with van der Waals surface area (Å²) >= 11 is 0. The van der Waals surface area contributed by atoms with Crippen molar-refractivity contribution in [2.45, 2.75) is 32.2 Å². The number of hydrogen-bond donors (Lipinski definition) is 1. The van der Waals surface area contributed by atoms with Crippen molar-refractivity contribution < 1.29 is 9.47 Å². The number of fused-ring (bicyclic) bond motifs is 1. The van der Waals surface area contributed by atoms with Gasteiger partial charge >= 0.3 is 0 Å². The highest BCUT2D eigenvalue weighted by Gasteiger charge is 2.26. The Hall–Kier alpha value is -2.32. The number of aromatic nitrogens is 2. The lowest BCUT2D eigenvalue weighted by molar-refractivity contribution is 0.145.